The number of amides is 1. The molecule has 0 bridgehead atoms. The lowest BCUT2D eigenvalue weighted by atomic mass is 10.0. The van der Waals surface area contributed by atoms with E-state index in [1.807, 2.05) is 27.7 Å². The van der Waals surface area contributed by atoms with Gasteiger partial charge in [-0.2, -0.15) is 26.3 Å². The molecule has 0 saturated carbocycles. The van der Waals surface area contributed by atoms with Crippen LogP contribution in [-0.4, -0.2) is 397 Å². The summed E-state index contributed by atoms with van der Waals surface area (Å²) in [5, 5.41) is 58.7. The predicted molar refractivity (Wildman–Crippen MR) is 370 cm³/mol. The van der Waals surface area contributed by atoms with Crippen LogP contribution in [0, 0.1) is 11.8 Å². The third kappa shape index (κ3) is 63.5. The summed E-state index contributed by atoms with van der Waals surface area (Å²) in [6.45, 7) is 11.9. The number of hydrogen-bond donors (Lipinski definition) is 8. The quantitative estimate of drug-likeness (QED) is 0.0109. The topological polar surface area (TPSA) is 540 Å². The number of morpholine rings is 2. The van der Waals surface area contributed by atoms with Crippen LogP contribution < -0.4 is 10.6 Å². The van der Waals surface area contributed by atoms with Crippen molar-refractivity contribution in [1.82, 2.24) is 40.0 Å². The van der Waals surface area contributed by atoms with Gasteiger partial charge in [0.1, 0.15) is 17.9 Å². The van der Waals surface area contributed by atoms with E-state index < -0.39 is 135 Å². The van der Waals surface area contributed by atoms with Crippen LogP contribution in [0.15, 0.2) is 0 Å². The smallest absolute Gasteiger partial charge is 0.480 e. The first kappa shape index (κ1) is 106. The first-order valence-corrected chi connectivity index (χ1v) is 35.2. The zero-order valence-corrected chi connectivity index (χ0v) is 63.8. The maximum absolute atomic E-state index is 12.8. The van der Waals surface area contributed by atoms with Gasteiger partial charge in [-0.1, -0.05) is 27.7 Å². The number of halogens is 6. The molecule has 0 spiro atoms. The fraction of sp³-hybridized carbons (Fsp3) is 0.758. The molecule has 2 unspecified atom stereocenters. The van der Waals surface area contributed by atoms with Gasteiger partial charge in [-0.25, -0.2) is 14.4 Å². The molecule has 0 radical (unpaired) electrons. The number of nitrogens with zero attached hydrogens (tertiary/aromatic N) is 6. The average molecular weight is 1650 g/mol. The summed E-state index contributed by atoms with van der Waals surface area (Å²) in [4.78, 5) is 186. The van der Waals surface area contributed by atoms with Crippen LogP contribution in [0.4, 0.5) is 26.3 Å². The lowest BCUT2D eigenvalue weighted by Gasteiger charge is -2.24. The lowest BCUT2D eigenvalue weighted by Crippen LogP contribution is -2.48. The number of carboxylic acid groups (broad SMARTS) is 6. The number of esters is 8. The number of alkyl halides is 6. The molecule has 47 heteroatoms. The molecule has 2 rings (SSSR count). The number of unbranched alkanes of at least 4 members (excludes halogenated alkanes) is 3. The molecular formula is C66H106F6N8O33. The second kappa shape index (κ2) is 61.8. The van der Waals surface area contributed by atoms with Crippen LogP contribution in [0.2, 0.25) is 0 Å². The second-order valence-electron chi connectivity index (χ2n) is 25.3. The summed E-state index contributed by atoms with van der Waals surface area (Å²) in [5.41, 5.74) is 0. The first-order valence-electron chi connectivity index (χ1n) is 35.2. The Morgan fingerprint density at radius 3 is 0.956 bits per heavy atom. The number of likely N-dealkylation sites (N-methyl/N-ethyl adjacent to an activating group) is 1. The molecule has 0 aliphatic carbocycles. The van der Waals surface area contributed by atoms with Gasteiger partial charge in [-0.15, -0.1) is 0 Å². The molecule has 8 N–H and O–H groups in total. The van der Waals surface area contributed by atoms with Crippen LogP contribution in [0.25, 0.3) is 0 Å². The molecule has 2 saturated heterocycles. The average Bonchev–Trinajstić information content (AvgIpc) is 0.878. The molecular weight excluding hydrogens is 1550 g/mol. The number of ketones is 1. The fourth-order valence-electron chi connectivity index (χ4n) is 9.22. The molecule has 0 aromatic rings. The van der Waals surface area contributed by atoms with E-state index >= 15 is 0 Å². The zero-order chi connectivity index (χ0) is 86.1. The molecule has 41 nitrogen and oxygen atoms in total. The van der Waals surface area contributed by atoms with Crippen molar-refractivity contribution in [2.75, 3.05) is 217 Å². The Hall–Kier alpha value is -8.62. The van der Waals surface area contributed by atoms with Crippen molar-refractivity contribution in [3.05, 3.63) is 0 Å². The van der Waals surface area contributed by atoms with E-state index in [-0.39, 0.29) is 155 Å². The van der Waals surface area contributed by atoms with E-state index in [9.17, 15) is 108 Å². The van der Waals surface area contributed by atoms with Crippen LogP contribution in [0.1, 0.15) is 73.1 Å². The number of carbonyl (C=O) groups excluding carboxylic acids is 10. The third-order valence-electron chi connectivity index (χ3n) is 14.1. The summed E-state index contributed by atoms with van der Waals surface area (Å²) in [7, 11) is 1.74. The predicted octanol–water partition coefficient (Wildman–Crippen LogP) is -1.87. The minimum atomic E-state index is -5.62. The fourth-order valence-corrected chi connectivity index (χ4v) is 9.22. The van der Waals surface area contributed by atoms with Gasteiger partial charge in [0.2, 0.25) is 5.91 Å². The van der Waals surface area contributed by atoms with Crippen molar-refractivity contribution in [3.8, 4) is 0 Å². The number of cyclic esters (lactones) is 4. The van der Waals surface area contributed by atoms with Gasteiger partial charge < -0.3 is 93.4 Å². The van der Waals surface area contributed by atoms with Gasteiger partial charge in [0.25, 0.3) is 0 Å². The Labute approximate surface area is 646 Å². The van der Waals surface area contributed by atoms with Crippen molar-refractivity contribution in [3.63, 3.8) is 0 Å². The largest absolute Gasteiger partial charge is 0.491 e. The second-order valence-corrected chi connectivity index (χ2v) is 25.3. The number of Topliss-reactive ketones (excluding diaryl/α,β-unsaturated/α-hetero) is 1. The number of ether oxygens (including phenoxy) is 11. The maximum atomic E-state index is 12.8. The zero-order valence-electron chi connectivity index (χ0n) is 63.8. The summed E-state index contributed by atoms with van der Waals surface area (Å²) >= 11 is 0. The lowest BCUT2D eigenvalue weighted by molar-refractivity contribution is -0.221. The monoisotopic (exact) mass is 1650 g/mol. The van der Waals surface area contributed by atoms with E-state index in [0.29, 0.717) is 77.7 Å². The first-order chi connectivity index (χ1) is 52.9. The number of carboxylic acids is 6. The van der Waals surface area contributed by atoms with Crippen molar-refractivity contribution < 1.29 is 186 Å². The molecule has 0 aromatic heterocycles. The maximum Gasteiger partial charge on any atom is 0.491 e. The minimum Gasteiger partial charge on any atom is -0.480 e. The molecule has 2 atom stereocenters. The van der Waals surface area contributed by atoms with Gasteiger partial charge in [0, 0.05) is 39.3 Å². The Kier molecular flexibility index (Phi) is 58.2. The van der Waals surface area contributed by atoms with Gasteiger partial charge in [0.15, 0.2) is 0 Å². The van der Waals surface area contributed by atoms with Crippen LogP contribution in [0.3, 0.4) is 0 Å². The summed E-state index contributed by atoms with van der Waals surface area (Å²) < 4.78 is 121. The highest BCUT2D eigenvalue weighted by Crippen LogP contribution is 2.22. The SMILES string of the molecule is CNC(CC(C)C)C(=O)OCCCCCCOC(=O)C(CC(C)C)NC(=O)CN(CCOCCOCCN(CC(C)=O)CC(=O)O)CC(=O)O.O=C(O)CN(CCOCCOCCN(CC(=O)O)CC(=O)O)CC(=O)O.O=C(OC(=O)C(F)(F)F)C(F)(F)F.O=C1CN(CCOCCOCCN2CC(=O)OC(=O)C2)CC(=O)O1. The van der Waals surface area contributed by atoms with E-state index in [0.717, 1.165) is 12.8 Å². The van der Waals surface area contributed by atoms with Crippen LogP contribution in [0.5, 0.6) is 0 Å². The van der Waals surface area contributed by atoms with E-state index in [2.05, 4.69) is 24.8 Å². The highest BCUT2D eigenvalue weighted by Gasteiger charge is 2.49. The normalized spacial score (nSPS) is 13.9. The van der Waals surface area contributed by atoms with Gasteiger partial charge in [0.05, 0.1) is 171 Å². The van der Waals surface area contributed by atoms with Crippen LogP contribution in [-0.2, 0) is 129 Å². The van der Waals surface area contributed by atoms with Crippen molar-refractivity contribution in [2.24, 2.45) is 11.8 Å². The Morgan fingerprint density at radius 1 is 0.407 bits per heavy atom. The van der Waals surface area contributed by atoms with E-state index in [4.69, 9.17) is 63.4 Å². The molecule has 113 heavy (non-hydrogen) atoms. The molecule has 2 aliphatic rings. The van der Waals surface area contributed by atoms with Crippen molar-refractivity contribution >= 4 is 95.3 Å². The highest BCUT2D eigenvalue weighted by molar-refractivity contribution is 5.92. The molecule has 650 valence electrons. The summed E-state index contributed by atoms with van der Waals surface area (Å²) in [5.74, 6) is -16.3. The third-order valence-corrected chi connectivity index (χ3v) is 14.1. The van der Waals surface area contributed by atoms with Gasteiger partial charge in [-0.05, 0) is 64.3 Å². The molecule has 2 aliphatic heterocycles. The summed E-state index contributed by atoms with van der Waals surface area (Å²) in [6.07, 6.45) is -7.29. The summed E-state index contributed by atoms with van der Waals surface area (Å²) in [6, 6.07) is -1.20. The number of carbonyl (C=O) groups is 16. The molecule has 2 fully saturated rings. The Balaban J connectivity index is 0. The highest BCUT2D eigenvalue weighted by atomic mass is 19.4. The van der Waals surface area contributed by atoms with E-state index in [1.54, 1.807) is 16.8 Å². The Morgan fingerprint density at radius 2 is 0.681 bits per heavy atom. The standard InChI is InChI=1S/C34H62N4O12.C14H24N2O10.C14H20N2O8.C4F6O3/c1-25(2)19-28(35-6)33(45)49-13-9-7-8-10-14-50-34(46)29(20-26(3)4)36-30(40)22-38(24-32(43)44)12-16-48-18-17-47-15-11-37(21-27(5)39)23-31(41)42;17-11(18)7-15(8-12(19)20)1-3-25-5-6-26-4-2-16(9-13(21)22)10-14(23)24;17-11-7-15(8-12(18)23-11)1-3-21-5-6-22-4-2-16-9-13(19)24-14(20)10-16;5-3(6,7)1(11)13-2(12)4(8,9)10/h25-26,28-29,35H,7-24H2,1-6H3,(H,36,40)(H,41,42)(H,43,44);1-10H2,(H,17,18)(H,19,20)(H,21,22)(H,23,24);1-10H2;. The molecule has 0 aromatic carbocycles. The van der Waals surface area contributed by atoms with Crippen molar-refractivity contribution in [1.29, 1.82) is 0 Å². The Bertz CT molecular complexity index is 2750. The molecule has 2 heterocycles. The number of nitrogens with one attached hydrogen (secondary N) is 2. The minimum absolute atomic E-state index is 0.0117. The van der Waals surface area contributed by atoms with Gasteiger partial charge in [-0.3, -0.25) is 91.7 Å². The molecule has 1 amide bonds. The van der Waals surface area contributed by atoms with Crippen molar-refractivity contribution in [2.45, 2.75) is 97.6 Å². The van der Waals surface area contributed by atoms with Crippen LogP contribution >= 0.6 is 0 Å². The number of aliphatic carboxylic acids is 6. The number of hydrogen-bond acceptors (Lipinski definition) is 34. The van der Waals surface area contributed by atoms with Gasteiger partial charge >= 0.3 is 95.9 Å². The van der Waals surface area contributed by atoms with E-state index in [1.165, 1.54) is 26.5 Å². The number of rotatable bonds is 58.